The number of rotatable bonds is 6. The Kier molecular flexibility index (Phi) is 5.07. The van der Waals surface area contributed by atoms with Gasteiger partial charge in [0.05, 0.1) is 17.6 Å². The van der Waals surface area contributed by atoms with Crippen LogP contribution in [-0.4, -0.2) is 40.6 Å². The Morgan fingerprint density at radius 2 is 1.96 bits per heavy atom. The smallest absolute Gasteiger partial charge is 0.223 e. The average molecular weight is 377 g/mol. The van der Waals surface area contributed by atoms with Crippen molar-refractivity contribution in [1.82, 2.24) is 14.5 Å². The minimum absolute atomic E-state index is 0.157. The van der Waals surface area contributed by atoms with E-state index >= 15 is 0 Å². The predicted octanol–water partition coefficient (Wildman–Crippen LogP) is 4.07. The van der Waals surface area contributed by atoms with E-state index in [0.29, 0.717) is 13.0 Å². The number of imidazole rings is 1. The first kappa shape index (κ1) is 18.5. The number of nitrogens with zero attached hydrogens (tertiary/aromatic N) is 3. The maximum atomic E-state index is 12.0. The Hall–Kier alpha value is -2.82. The molecule has 1 amide bonds. The molecule has 146 valence electrons. The first-order valence-electron chi connectivity index (χ1n) is 9.92. The summed E-state index contributed by atoms with van der Waals surface area (Å²) in [6.07, 6.45) is 1.43. The molecule has 1 saturated heterocycles. The van der Waals surface area contributed by atoms with Gasteiger partial charge in [-0.1, -0.05) is 24.3 Å². The normalized spacial score (nSPS) is 16.9. The topological polar surface area (TPSA) is 47.4 Å². The van der Waals surface area contributed by atoms with E-state index in [0.717, 1.165) is 42.1 Å². The molecule has 5 heteroatoms. The van der Waals surface area contributed by atoms with Crippen molar-refractivity contribution in [1.29, 1.82) is 0 Å². The Morgan fingerprint density at radius 3 is 2.75 bits per heavy atom. The van der Waals surface area contributed by atoms with Crippen LogP contribution < -0.4 is 4.74 Å². The van der Waals surface area contributed by atoms with Crippen molar-refractivity contribution >= 4 is 16.9 Å². The van der Waals surface area contributed by atoms with Gasteiger partial charge < -0.3 is 14.2 Å². The van der Waals surface area contributed by atoms with Crippen LogP contribution in [0.4, 0.5) is 0 Å². The van der Waals surface area contributed by atoms with Crippen LogP contribution in [0.25, 0.3) is 11.0 Å². The maximum Gasteiger partial charge on any atom is 0.223 e. The maximum absolute atomic E-state index is 12.0. The lowest BCUT2D eigenvalue weighted by molar-refractivity contribution is -0.126. The van der Waals surface area contributed by atoms with Crippen LogP contribution in [0.2, 0.25) is 0 Å². The SMILES string of the molecule is Cc1cccc(OCCCn2c(C3CC(=O)N(C)C3)nc3ccccc32)c1C. The number of amides is 1. The number of para-hydroxylation sites is 2. The molecule has 1 aliphatic rings. The first-order valence-corrected chi connectivity index (χ1v) is 9.92. The van der Waals surface area contributed by atoms with Crippen molar-refractivity contribution in [2.45, 2.75) is 39.2 Å². The number of fused-ring (bicyclic) bond motifs is 1. The number of aromatic nitrogens is 2. The van der Waals surface area contributed by atoms with E-state index in [1.54, 1.807) is 4.90 Å². The number of benzene rings is 2. The molecule has 0 N–H and O–H groups in total. The van der Waals surface area contributed by atoms with Crippen LogP contribution in [0.3, 0.4) is 0 Å². The molecule has 1 atom stereocenters. The van der Waals surface area contributed by atoms with E-state index < -0.39 is 0 Å². The van der Waals surface area contributed by atoms with Crippen molar-refractivity contribution in [2.24, 2.45) is 0 Å². The Bertz CT molecular complexity index is 1010. The second-order valence-electron chi connectivity index (χ2n) is 7.69. The number of hydrogen-bond acceptors (Lipinski definition) is 3. The molecule has 28 heavy (non-hydrogen) atoms. The zero-order valence-corrected chi connectivity index (χ0v) is 16.8. The van der Waals surface area contributed by atoms with Gasteiger partial charge in [0.2, 0.25) is 5.91 Å². The van der Waals surface area contributed by atoms with Crippen molar-refractivity contribution < 1.29 is 9.53 Å². The van der Waals surface area contributed by atoms with E-state index in [-0.39, 0.29) is 11.8 Å². The van der Waals surface area contributed by atoms with Crippen molar-refractivity contribution in [3.63, 3.8) is 0 Å². The fourth-order valence-corrected chi connectivity index (χ4v) is 3.96. The highest BCUT2D eigenvalue weighted by atomic mass is 16.5. The minimum atomic E-state index is 0.157. The number of ether oxygens (including phenoxy) is 1. The van der Waals surface area contributed by atoms with E-state index in [2.05, 4.69) is 30.5 Å². The van der Waals surface area contributed by atoms with E-state index in [9.17, 15) is 4.79 Å². The van der Waals surface area contributed by atoms with Gasteiger partial charge in [-0.2, -0.15) is 0 Å². The molecule has 3 aromatic rings. The summed E-state index contributed by atoms with van der Waals surface area (Å²) < 4.78 is 8.31. The molecule has 4 rings (SSSR count). The van der Waals surface area contributed by atoms with Crippen LogP contribution in [-0.2, 0) is 11.3 Å². The molecule has 0 radical (unpaired) electrons. The van der Waals surface area contributed by atoms with Gasteiger partial charge >= 0.3 is 0 Å². The molecular weight excluding hydrogens is 350 g/mol. The average Bonchev–Trinajstić information content (AvgIpc) is 3.22. The van der Waals surface area contributed by atoms with Gasteiger partial charge in [0.25, 0.3) is 0 Å². The quantitative estimate of drug-likeness (QED) is 0.609. The van der Waals surface area contributed by atoms with E-state index in [4.69, 9.17) is 9.72 Å². The number of carbonyl (C=O) groups is 1. The summed E-state index contributed by atoms with van der Waals surface area (Å²) in [4.78, 5) is 18.7. The molecule has 2 heterocycles. The molecule has 0 saturated carbocycles. The summed E-state index contributed by atoms with van der Waals surface area (Å²) in [5.41, 5.74) is 4.57. The molecule has 2 aromatic carbocycles. The largest absolute Gasteiger partial charge is 0.493 e. The molecule has 0 spiro atoms. The Balaban J connectivity index is 1.50. The Morgan fingerprint density at radius 1 is 1.14 bits per heavy atom. The summed E-state index contributed by atoms with van der Waals surface area (Å²) in [6.45, 7) is 6.42. The molecule has 1 fully saturated rings. The van der Waals surface area contributed by atoms with Crippen LogP contribution >= 0.6 is 0 Å². The van der Waals surface area contributed by atoms with Crippen LogP contribution in [0.1, 0.15) is 35.7 Å². The van der Waals surface area contributed by atoms with Gasteiger partial charge in [-0.15, -0.1) is 0 Å². The standard InChI is InChI=1S/C23H27N3O2/c1-16-8-6-11-21(17(16)2)28-13-7-12-26-20-10-5-4-9-19(20)24-23(26)18-14-22(27)25(3)15-18/h4-6,8-11,18H,7,12-15H2,1-3H3. The monoisotopic (exact) mass is 377 g/mol. The molecule has 1 aliphatic heterocycles. The van der Waals surface area contributed by atoms with E-state index in [1.165, 1.54) is 11.1 Å². The molecular formula is C23H27N3O2. The number of likely N-dealkylation sites (N-methyl/N-ethyl adjacent to an activating group) is 1. The lowest BCUT2D eigenvalue weighted by Crippen LogP contribution is -2.19. The van der Waals surface area contributed by atoms with Crippen LogP contribution in [0.5, 0.6) is 5.75 Å². The van der Waals surface area contributed by atoms with Gasteiger partial charge in [0, 0.05) is 32.5 Å². The van der Waals surface area contributed by atoms with Crippen LogP contribution in [0.15, 0.2) is 42.5 Å². The van der Waals surface area contributed by atoms with Crippen molar-refractivity contribution in [2.75, 3.05) is 20.2 Å². The highest BCUT2D eigenvalue weighted by Gasteiger charge is 2.31. The van der Waals surface area contributed by atoms with Gasteiger partial charge in [-0.3, -0.25) is 4.79 Å². The number of likely N-dealkylation sites (tertiary alicyclic amines) is 1. The first-order chi connectivity index (χ1) is 13.5. The molecule has 0 aliphatic carbocycles. The lowest BCUT2D eigenvalue weighted by atomic mass is 10.1. The van der Waals surface area contributed by atoms with Crippen molar-refractivity contribution in [3.8, 4) is 5.75 Å². The molecule has 1 unspecified atom stereocenters. The fourth-order valence-electron chi connectivity index (χ4n) is 3.96. The third-order valence-electron chi connectivity index (χ3n) is 5.73. The number of hydrogen-bond donors (Lipinski definition) is 0. The lowest BCUT2D eigenvalue weighted by Gasteiger charge is -2.15. The predicted molar refractivity (Wildman–Crippen MR) is 111 cm³/mol. The summed E-state index contributed by atoms with van der Waals surface area (Å²) >= 11 is 0. The summed E-state index contributed by atoms with van der Waals surface area (Å²) in [5.74, 6) is 2.33. The van der Waals surface area contributed by atoms with Crippen LogP contribution in [0, 0.1) is 13.8 Å². The molecule has 0 bridgehead atoms. The van der Waals surface area contributed by atoms with Gasteiger partial charge in [-0.05, 0) is 49.6 Å². The molecule has 1 aromatic heterocycles. The second-order valence-corrected chi connectivity index (χ2v) is 7.69. The summed E-state index contributed by atoms with van der Waals surface area (Å²) in [6, 6.07) is 14.4. The Labute approximate surface area is 165 Å². The van der Waals surface area contributed by atoms with Gasteiger partial charge in [0.1, 0.15) is 11.6 Å². The minimum Gasteiger partial charge on any atom is -0.493 e. The molecule has 5 nitrogen and oxygen atoms in total. The highest BCUT2D eigenvalue weighted by Crippen LogP contribution is 2.30. The van der Waals surface area contributed by atoms with Crippen molar-refractivity contribution in [3.05, 3.63) is 59.4 Å². The second kappa shape index (κ2) is 7.66. The van der Waals surface area contributed by atoms with E-state index in [1.807, 2.05) is 37.4 Å². The zero-order valence-electron chi connectivity index (χ0n) is 16.8. The number of carbonyl (C=O) groups excluding carboxylic acids is 1. The number of aryl methyl sites for hydroxylation is 2. The van der Waals surface area contributed by atoms with Gasteiger partial charge in [-0.25, -0.2) is 4.98 Å². The van der Waals surface area contributed by atoms with Gasteiger partial charge in [0.15, 0.2) is 0 Å². The fraction of sp³-hybridized carbons (Fsp3) is 0.391. The summed E-state index contributed by atoms with van der Waals surface area (Å²) in [5, 5.41) is 0. The zero-order chi connectivity index (χ0) is 19.7. The third kappa shape index (κ3) is 3.49. The highest BCUT2D eigenvalue weighted by molar-refractivity contribution is 5.80. The summed E-state index contributed by atoms with van der Waals surface area (Å²) in [7, 11) is 1.87. The third-order valence-corrected chi connectivity index (χ3v) is 5.73.